The Labute approximate surface area is 310 Å². The predicted octanol–water partition coefficient (Wildman–Crippen LogP) is 5.75. The Morgan fingerprint density at radius 2 is 1.90 bits per heavy atom. The molecule has 12 nitrogen and oxygen atoms in total. The monoisotopic (exact) mass is 753 g/mol. The van der Waals surface area contributed by atoms with Crippen LogP contribution in [0.15, 0.2) is 59.1 Å². The highest BCUT2D eigenvalue weighted by Crippen LogP contribution is 2.42. The second-order valence-electron chi connectivity index (χ2n) is 14.0. The van der Waals surface area contributed by atoms with E-state index in [1.807, 2.05) is 18.2 Å². The number of carbonyl (C=O) groups is 2. The maximum Gasteiger partial charge on any atom is 0.286 e. The van der Waals surface area contributed by atoms with Crippen molar-refractivity contribution < 1.29 is 33.1 Å². The highest BCUT2D eigenvalue weighted by atomic mass is 35.5. The fourth-order valence-corrected chi connectivity index (χ4v) is 9.35. The second-order valence-corrected chi connectivity index (χ2v) is 16.7. The summed E-state index contributed by atoms with van der Waals surface area (Å²) in [5.41, 5.74) is 3.24. The van der Waals surface area contributed by atoms with Crippen LogP contribution in [0.2, 0.25) is 5.02 Å². The number of methoxy groups -OCH3 is 2. The number of carbonyl (C=O) groups excluding carboxylic acids is 2. The number of hydrogen-bond acceptors (Lipinski definition) is 9. The summed E-state index contributed by atoms with van der Waals surface area (Å²) in [5, 5.41) is 15.2. The first-order valence-corrected chi connectivity index (χ1v) is 19.7. The number of benzene rings is 2. The van der Waals surface area contributed by atoms with Crippen molar-refractivity contribution in [3.8, 4) is 11.6 Å². The van der Waals surface area contributed by atoms with E-state index in [-0.39, 0.29) is 34.9 Å². The molecule has 3 aromatic rings. The van der Waals surface area contributed by atoms with Crippen molar-refractivity contribution in [2.45, 2.75) is 70.0 Å². The van der Waals surface area contributed by atoms with Gasteiger partial charge in [-0.05, 0) is 92.3 Å². The first-order valence-electron chi connectivity index (χ1n) is 17.8. The molecule has 7 atom stereocenters. The number of aliphatic hydroxyl groups excluding tert-OH is 1. The van der Waals surface area contributed by atoms with E-state index < -0.39 is 39.0 Å². The minimum atomic E-state index is -3.87. The number of hydrogen-bond donors (Lipinski definition) is 2. The minimum absolute atomic E-state index is 0.0270. The van der Waals surface area contributed by atoms with Gasteiger partial charge in [-0.25, -0.2) is 4.21 Å². The Bertz CT molecular complexity index is 1960. The number of anilines is 1. The fraction of sp³-hybridized carbons (Fsp3) is 0.500. The molecule has 1 saturated carbocycles. The second kappa shape index (κ2) is 16.0. The van der Waals surface area contributed by atoms with Crippen LogP contribution < -0.4 is 19.1 Å². The maximum atomic E-state index is 14.9. The smallest absolute Gasteiger partial charge is 0.286 e. The van der Waals surface area contributed by atoms with E-state index in [0.29, 0.717) is 30.5 Å². The zero-order valence-corrected chi connectivity index (χ0v) is 31.9. The van der Waals surface area contributed by atoms with E-state index in [1.165, 1.54) is 23.6 Å². The molecule has 52 heavy (non-hydrogen) atoms. The van der Waals surface area contributed by atoms with Gasteiger partial charge in [0.1, 0.15) is 21.2 Å². The SMILES string of the molecule is COc1nn(C)cc1C(=O)NS1(=O)=NC(=O)c2ccc3c(c2)N(Cc2ccc(Cl)cc2CCCCO3)C[C@@H]2CC[C@H]2[C@@H](OC)/C=C/[C@H](O)[C@H](C)[C@H]1C. The number of ether oxygens (including phenoxy) is 3. The number of amides is 2. The molecule has 1 aliphatic carbocycles. The first kappa shape index (κ1) is 37.8. The molecule has 2 amide bonds. The summed E-state index contributed by atoms with van der Waals surface area (Å²) in [6, 6.07) is 11.1. The van der Waals surface area contributed by atoms with Crippen molar-refractivity contribution in [3.63, 3.8) is 0 Å². The van der Waals surface area contributed by atoms with Crippen LogP contribution in [0.25, 0.3) is 0 Å². The molecule has 14 heteroatoms. The van der Waals surface area contributed by atoms with Crippen molar-refractivity contribution in [2.24, 2.45) is 29.2 Å². The summed E-state index contributed by atoms with van der Waals surface area (Å²) in [6.45, 7) is 5.01. The van der Waals surface area contributed by atoms with Crippen molar-refractivity contribution >= 4 is 39.0 Å². The molecule has 2 aromatic carbocycles. The Balaban J connectivity index is 1.50. The summed E-state index contributed by atoms with van der Waals surface area (Å²) in [5.74, 6) is -1.14. The summed E-state index contributed by atoms with van der Waals surface area (Å²) < 4.78 is 40.7. The number of aromatic nitrogens is 2. The van der Waals surface area contributed by atoms with Gasteiger partial charge >= 0.3 is 0 Å². The van der Waals surface area contributed by atoms with Gasteiger partial charge in [-0.2, -0.15) is 0 Å². The van der Waals surface area contributed by atoms with E-state index in [2.05, 4.69) is 25.1 Å². The third-order valence-corrected chi connectivity index (χ3v) is 13.4. The number of aliphatic hydroxyl groups is 1. The summed E-state index contributed by atoms with van der Waals surface area (Å²) in [6.07, 6.45) is 8.18. The number of halogens is 1. The largest absolute Gasteiger partial charge is 0.491 e. The van der Waals surface area contributed by atoms with Crippen molar-refractivity contribution in [3.05, 3.63) is 82.0 Å². The summed E-state index contributed by atoms with van der Waals surface area (Å²) in [7, 11) is 0.793. The quantitative estimate of drug-likeness (QED) is 0.318. The number of fused-ring (bicyclic) bond motifs is 3. The van der Waals surface area contributed by atoms with E-state index in [0.717, 1.165) is 43.4 Å². The Kier molecular flexibility index (Phi) is 11.6. The lowest BCUT2D eigenvalue weighted by Gasteiger charge is -2.43. The Morgan fingerprint density at radius 3 is 2.63 bits per heavy atom. The zero-order valence-electron chi connectivity index (χ0n) is 30.3. The van der Waals surface area contributed by atoms with E-state index in [9.17, 15) is 18.9 Å². The number of nitrogens with one attached hydrogen (secondary N) is 1. The van der Waals surface area contributed by atoms with Gasteiger partial charge in [0.15, 0.2) is 0 Å². The third kappa shape index (κ3) is 8.02. The third-order valence-electron chi connectivity index (χ3n) is 10.8. The average Bonchev–Trinajstić information content (AvgIpc) is 3.50. The first-order chi connectivity index (χ1) is 24.9. The minimum Gasteiger partial charge on any atom is -0.491 e. The van der Waals surface area contributed by atoms with E-state index in [4.69, 9.17) is 25.8 Å². The highest BCUT2D eigenvalue weighted by Gasteiger charge is 2.39. The van der Waals surface area contributed by atoms with Gasteiger partial charge in [0.05, 0.1) is 36.9 Å². The molecule has 1 fully saturated rings. The lowest BCUT2D eigenvalue weighted by atomic mass is 9.70. The highest BCUT2D eigenvalue weighted by molar-refractivity contribution is 7.93. The molecule has 1 unspecified atom stereocenters. The molecule has 0 saturated heterocycles. The van der Waals surface area contributed by atoms with Crippen LogP contribution in [0.5, 0.6) is 11.6 Å². The number of nitrogens with zero attached hydrogens (tertiary/aromatic N) is 4. The van der Waals surface area contributed by atoms with E-state index in [1.54, 1.807) is 52.3 Å². The van der Waals surface area contributed by atoms with Crippen molar-refractivity contribution in [1.29, 1.82) is 0 Å². The Hall–Kier alpha value is -3.91. The van der Waals surface area contributed by atoms with Crippen LogP contribution in [0.1, 0.15) is 71.4 Å². The summed E-state index contributed by atoms with van der Waals surface area (Å²) in [4.78, 5) is 30.0. The fourth-order valence-electron chi connectivity index (χ4n) is 7.29. The van der Waals surface area contributed by atoms with Crippen LogP contribution in [-0.4, -0.2) is 75.7 Å². The normalized spacial score (nSPS) is 28.8. The van der Waals surface area contributed by atoms with Crippen LogP contribution in [0.3, 0.4) is 0 Å². The van der Waals surface area contributed by atoms with Gasteiger partial charge in [0.2, 0.25) is 5.88 Å². The zero-order chi connectivity index (χ0) is 37.2. The van der Waals surface area contributed by atoms with Gasteiger partial charge in [0, 0.05) is 49.9 Å². The van der Waals surface area contributed by atoms with Gasteiger partial charge in [-0.15, -0.1) is 9.46 Å². The average molecular weight is 754 g/mol. The number of rotatable bonds is 4. The molecule has 3 heterocycles. The molecular weight excluding hydrogens is 706 g/mol. The molecule has 3 aliphatic rings. The molecular formula is C38H48ClN5O7S. The van der Waals surface area contributed by atoms with Crippen LogP contribution in [-0.2, 0) is 34.7 Å². The molecule has 0 spiro atoms. The summed E-state index contributed by atoms with van der Waals surface area (Å²) >= 11 is 6.46. The lowest BCUT2D eigenvalue weighted by molar-refractivity contribution is 0.0126. The van der Waals surface area contributed by atoms with Gasteiger partial charge < -0.3 is 24.2 Å². The van der Waals surface area contributed by atoms with Crippen molar-refractivity contribution in [1.82, 2.24) is 14.5 Å². The number of aryl methyl sites for hydroxylation is 2. The van der Waals surface area contributed by atoms with Crippen LogP contribution in [0, 0.1) is 17.8 Å². The molecule has 2 N–H and O–H groups in total. The topological polar surface area (TPSA) is 145 Å². The van der Waals surface area contributed by atoms with Gasteiger partial charge in [0.25, 0.3) is 11.8 Å². The molecule has 0 radical (unpaired) electrons. The molecule has 280 valence electrons. The van der Waals surface area contributed by atoms with Gasteiger partial charge in [-0.1, -0.05) is 36.7 Å². The molecule has 1 aromatic heterocycles. The molecule has 2 aliphatic heterocycles. The lowest BCUT2D eigenvalue weighted by Crippen LogP contribution is -2.44. The molecule has 2 bridgehead atoms. The maximum absolute atomic E-state index is 14.9. The van der Waals surface area contributed by atoms with E-state index >= 15 is 0 Å². The standard InChI is InChI=1S/C38H48ClN5O7S/c1-23-24(2)52(48,42-37(47)31-22-43(3)40-38(31)50-5)41-36(46)26-11-15-35-32(19-26)44(21-28-10-13-30(28)34(49-4)16-14-33(23)45)20-27-9-12-29(39)18-25(27)8-6-7-17-51-35/h9,11-12,14-16,18-19,22-24,28,30,33-34,45H,6-8,10,13,17,20-21H2,1-5H3,(H,41,42,46,47,48)/b16-14+/t23-,24-,28+,30-,33+,34+,52?/m1/s1. The molecule has 6 rings (SSSR count). The Morgan fingerprint density at radius 1 is 1.10 bits per heavy atom. The van der Waals surface area contributed by atoms with Crippen molar-refractivity contribution in [2.75, 3.05) is 32.3 Å². The predicted molar refractivity (Wildman–Crippen MR) is 200 cm³/mol. The van der Waals surface area contributed by atoms with Crippen LogP contribution >= 0.6 is 11.6 Å². The van der Waals surface area contributed by atoms with Gasteiger partial charge in [-0.3, -0.25) is 19.0 Å². The van der Waals surface area contributed by atoms with Crippen LogP contribution in [0.4, 0.5) is 5.69 Å².